The zero-order chi connectivity index (χ0) is 15.9. The predicted molar refractivity (Wildman–Crippen MR) is 78.3 cm³/mol. The number of hydrogen-bond donors (Lipinski definition) is 0. The van der Waals surface area contributed by atoms with Crippen LogP contribution in [-0.4, -0.2) is 93.5 Å². The topological polar surface area (TPSA) is 79.4 Å². The number of rotatable bonds is 3. The van der Waals surface area contributed by atoms with Crippen LogP contribution in [0.3, 0.4) is 0 Å². The lowest BCUT2D eigenvalue weighted by Gasteiger charge is -2.34. The first kappa shape index (κ1) is 16.1. The van der Waals surface area contributed by atoms with Crippen molar-refractivity contribution < 1.29 is 22.7 Å². The Morgan fingerprint density at radius 3 is 2.50 bits per heavy atom. The van der Waals surface area contributed by atoms with E-state index in [9.17, 15) is 13.2 Å². The molecule has 0 aromatic heterocycles. The molecule has 0 saturated carbocycles. The number of morpholine rings is 2. The second-order valence-electron chi connectivity index (χ2n) is 6.18. The van der Waals surface area contributed by atoms with Crippen molar-refractivity contribution in [1.82, 2.24) is 13.5 Å². The van der Waals surface area contributed by atoms with Crippen LogP contribution in [0.5, 0.6) is 0 Å². The molecule has 126 valence electrons. The van der Waals surface area contributed by atoms with E-state index in [0.717, 1.165) is 0 Å². The summed E-state index contributed by atoms with van der Waals surface area (Å²) in [6.07, 6.45) is 0.0626. The van der Waals surface area contributed by atoms with Crippen LogP contribution in [0.25, 0.3) is 0 Å². The average molecular weight is 333 g/mol. The van der Waals surface area contributed by atoms with Gasteiger partial charge in [-0.1, -0.05) is 0 Å². The van der Waals surface area contributed by atoms with Crippen molar-refractivity contribution in [2.45, 2.75) is 18.6 Å². The van der Waals surface area contributed by atoms with Crippen LogP contribution in [0, 0.1) is 5.92 Å². The molecule has 2 bridgehead atoms. The van der Waals surface area contributed by atoms with E-state index >= 15 is 0 Å². The second-order valence-corrected chi connectivity index (χ2v) is 8.33. The second kappa shape index (κ2) is 6.04. The Labute approximate surface area is 131 Å². The lowest BCUT2D eigenvalue weighted by molar-refractivity contribution is -0.142. The third-order valence-electron chi connectivity index (χ3n) is 4.55. The van der Waals surface area contributed by atoms with Crippen LogP contribution < -0.4 is 0 Å². The molecule has 8 nitrogen and oxygen atoms in total. The summed E-state index contributed by atoms with van der Waals surface area (Å²) in [6.45, 7) is 2.91. The minimum Gasteiger partial charge on any atom is -0.378 e. The monoisotopic (exact) mass is 333 g/mol. The summed E-state index contributed by atoms with van der Waals surface area (Å²) in [5.74, 6) is -0.176. The van der Waals surface area contributed by atoms with Crippen molar-refractivity contribution in [3.63, 3.8) is 0 Å². The number of nitrogens with zero attached hydrogens (tertiary/aromatic N) is 3. The number of hydrogen-bond acceptors (Lipinski definition) is 5. The molecular formula is C13H23N3O5S. The Bertz CT molecular complexity index is 532. The fourth-order valence-corrected chi connectivity index (χ4v) is 4.47. The fourth-order valence-electron chi connectivity index (χ4n) is 3.32. The van der Waals surface area contributed by atoms with E-state index in [1.54, 1.807) is 0 Å². The highest BCUT2D eigenvalue weighted by Crippen LogP contribution is 2.34. The van der Waals surface area contributed by atoms with E-state index in [1.807, 2.05) is 4.90 Å². The van der Waals surface area contributed by atoms with E-state index in [0.29, 0.717) is 39.3 Å². The van der Waals surface area contributed by atoms with Crippen LogP contribution in [0.2, 0.25) is 0 Å². The standard InChI is InChI=1S/C13H23N3O5S/c1-14(2)22(18,19)16-8-10-7-11(12(9-16)21-10)13(17)15-3-5-20-6-4-15/h10-12H,3-9H2,1-2H3/t10-,11-,12-/m1/s1. The SMILES string of the molecule is CN(C)S(=O)(=O)N1C[C@H]2C[C@@H](C(=O)N3CCOCC3)[C@@H](C1)O2. The van der Waals surface area contributed by atoms with Crippen molar-refractivity contribution >= 4 is 16.1 Å². The van der Waals surface area contributed by atoms with E-state index < -0.39 is 10.2 Å². The quantitative estimate of drug-likeness (QED) is 0.644. The van der Waals surface area contributed by atoms with Crippen molar-refractivity contribution in [2.75, 3.05) is 53.5 Å². The molecule has 0 aromatic rings. The number of amides is 1. The van der Waals surface area contributed by atoms with Crippen molar-refractivity contribution in [1.29, 1.82) is 0 Å². The first-order chi connectivity index (χ1) is 10.4. The minimum atomic E-state index is -3.46. The molecule has 3 atom stereocenters. The Morgan fingerprint density at radius 2 is 1.86 bits per heavy atom. The van der Waals surface area contributed by atoms with E-state index in [2.05, 4.69) is 0 Å². The minimum absolute atomic E-state index is 0.0694. The van der Waals surface area contributed by atoms with Gasteiger partial charge in [0.15, 0.2) is 0 Å². The average Bonchev–Trinajstić information content (AvgIpc) is 2.81. The summed E-state index contributed by atoms with van der Waals surface area (Å²) < 4.78 is 38.3. The lowest BCUT2D eigenvalue weighted by atomic mass is 9.98. The first-order valence-corrected chi connectivity index (χ1v) is 8.99. The van der Waals surface area contributed by atoms with Crippen LogP contribution in [0.4, 0.5) is 0 Å². The van der Waals surface area contributed by atoms with Gasteiger partial charge in [0.25, 0.3) is 10.2 Å². The maximum atomic E-state index is 12.6. The first-order valence-electron chi connectivity index (χ1n) is 7.59. The van der Waals surface area contributed by atoms with Crippen molar-refractivity contribution in [3.8, 4) is 0 Å². The van der Waals surface area contributed by atoms with Gasteiger partial charge in [-0.2, -0.15) is 17.0 Å². The van der Waals surface area contributed by atoms with Gasteiger partial charge in [0.05, 0.1) is 31.3 Å². The molecule has 3 heterocycles. The molecular weight excluding hydrogens is 310 g/mol. The highest BCUT2D eigenvalue weighted by molar-refractivity contribution is 7.86. The molecule has 9 heteroatoms. The molecule has 3 rings (SSSR count). The van der Waals surface area contributed by atoms with Gasteiger partial charge < -0.3 is 14.4 Å². The van der Waals surface area contributed by atoms with Crippen LogP contribution in [0.15, 0.2) is 0 Å². The summed E-state index contributed by atoms with van der Waals surface area (Å²) in [5, 5.41) is 0. The van der Waals surface area contributed by atoms with Gasteiger partial charge in [0.2, 0.25) is 5.91 Å². The summed E-state index contributed by atoms with van der Waals surface area (Å²) in [5.41, 5.74) is 0. The van der Waals surface area contributed by atoms with Crippen LogP contribution >= 0.6 is 0 Å². The molecule has 0 N–H and O–H groups in total. The largest absolute Gasteiger partial charge is 0.378 e. The molecule has 3 fully saturated rings. The zero-order valence-electron chi connectivity index (χ0n) is 13.0. The zero-order valence-corrected chi connectivity index (χ0v) is 13.8. The normalized spacial score (nSPS) is 33.4. The van der Waals surface area contributed by atoms with Gasteiger partial charge in [-0.05, 0) is 6.42 Å². The van der Waals surface area contributed by atoms with Crippen LogP contribution in [0.1, 0.15) is 6.42 Å². The van der Waals surface area contributed by atoms with Gasteiger partial charge in [-0.25, -0.2) is 0 Å². The number of fused-ring (bicyclic) bond motifs is 2. The summed E-state index contributed by atoms with van der Waals surface area (Å²) >= 11 is 0. The van der Waals surface area contributed by atoms with E-state index in [-0.39, 0.29) is 30.6 Å². The van der Waals surface area contributed by atoms with E-state index in [1.165, 1.54) is 22.7 Å². The molecule has 1 amide bonds. The number of ether oxygens (including phenoxy) is 2. The van der Waals surface area contributed by atoms with Gasteiger partial charge in [-0.3, -0.25) is 4.79 Å². The van der Waals surface area contributed by atoms with Gasteiger partial charge in [0, 0.05) is 40.3 Å². The van der Waals surface area contributed by atoms with Crippen molar-refractivity contribution in [2.24, 2.45) is 5.92 Å². The third-order valence-corrected chi connectivity index (χ3v) is 6.42. The number of carbonyl (C=O) groups is 1. The van der Waals surface area contributed by atoms with Gasteiger partial charge >= 0.3 is 0 Å². The van der Waals surface area contributed by atoms with Gasteiger partial charge in [0.1, 0.15) is 0 Å². The highest BCUT2D eigenvalue weighted by atomic mass is 32.2. The molecule has 22 heavy (non-hydrogen) atoms. The fraction of sp³-hybridized carbons (Fsp3) is 0.923. The summed E-state index contributed by atoms with van der Waals surface area (Å²) in [6, 6.07) is 0. The molecule has 3 aliphatic rings. The molecule has 0 spiro atoms. The predicted octanol–water partition coefficient (Wildman–Crippen LogP) is -1.26. The molecule has 3 aliphatic heterocycles. The molecule has 0 unspecified atom stereocenters. The smallest absolute Gasteiger partial charge is 0.281 e. The Morgan fingerprint density at radius 1 is 1.18 bits per heavy atom. The maximum absolute atomic E-state index is 12.6. The maximum Gasteiger partial charge on any atom is 0.281 e. The molecule has 0 aromatic carbocycles. The van der Waals surface area contributed by atoms with Gasteiger partial charge in [-0.15, -0.1) is 0 Å². The summed E-state index contributed by atoms with van der Waals surface area (Å²) in [4.78, 5) is 14.5. The number of carbonyl (C=O) groups excluding carboxylic acids is 1. The van der Waals surface area contributed by atoms with Crippen LogP contribution in [-0.2, 0) is 24.5 Å². The molecule has 3 saturated heterocycles. The lowest BCUT2D eigenvalue weighted by Crippen LogP contribution is -2.51. The highest BCUT2D eigenvalue weighted by Gasteiger charge is 2.48. The van der Waals surface area contributed by atoms with E-state index in [4.69, 9.17) is 9.47 Å². The van der Waals surface area contributed by atoms with Crippen molar-refractivity contribution in [3.05, 3.63) is 0 Å². The summed E-state index contributed by atoms with van der Waals surface area (Å²) in [7, 11) is -0.424. The Hall–Kier alpha value is -0.740. The Kier molecular flexibility index (Phi) is 4.43. The molecule has 0 radical (unpaired) electrons. The molecule has 0 aliphatic carbocycles. The third kappa shape index (κ3) is 2.88. The Balaban J connectivity index is 1.70.